The molecule has 2 aromatic heterocycles. The molecule has 0 aromatic carbocycles. The van der Waals surface area contributed by atoms with Gasteiger partial charge in [0.2, 0.25) is 5.95 Å². The summed E-state index contributed by atoms with van der Waals surface area (Å²) in [6.07, 6.45) is 0. The van der Waals surface area contributed by atoms with Gasteiger partial charge in [-0.25, -0.2) is 0 Å². The number of methoxy groups -OCH3 is 1. The lowest BCUT2D eigenvalue weighted by molar-refractivity contribution is 0.379. The van der Waals surface area contributed by atoms with Crippen LogP contribution in [0.25, 0.3) is 11.4 Å². The van der Waals surface area contributed by atoms with Gasteiger partial charge in [-0.3, -0.25) is 0 Å². The summed E-state index contributed by atoms with van der Waals surface area (Å²) in [7, 11) is 1.54. The highest BCUT2D eigenvalue weighted by atomic mass is 79.9. The topological polar surface area (TPSA) is 59.9 Å². The van der Waals surface area contributed by atoms with Gasteiger partial charge in [0.1, 0.15) is 0 Å². The Balaban J connectivity index is 2.46. The maximum Gasteiger partial charge on any atom is 0.321 e. The molecular formula is C10H11BrN4OS. The number of rotatable bonds is 4. The fourth-order valence-corrected chi connectivity index (χ4v) is 2.70. The van der Waals surface area contributed by atoms with Crippen LogP contribution in [0.3, 0.4) is 0 Å². The Morgan fingerprint density at radius 1 is 1.35 bits per heavy atom. The van der Waals surface area contributed by atoms with Gasteiger partial charge in [0.05, 0.1) is 7.11 Å². The Hall–Kier alpha value is -1.21. The van der Waals surface area contributed by atoms with E-state index in [4.69, 9.17) is 4.74 Å². The van der Waals surface area contributed by atoms with Gasteiger partial charge in [-0.1, -0.05) is 0 Å². The zero-order valence-electron chi connectivity index (χ0n) is 9.40. The van der Waals surface area contributed by atoms with Gasteiger partial charge in [0.25, 0.3) is 0 Å². The smallest absolute Gasteiger partial charge is 0.321 e. The molecule has 0 bridgehead atoms. The molecule has 0 amide bonds. The molecule has 0 unspecified atom stereocenters. The maximum atomic E-state index is 5.07. The SMILES string of the molecule is CCNc1nc(OC)nc(-c2cscc2Br)n1. The third-order valence-corrected chi connectivity index (χ3v) is 3.69. The molecule has 0 aliphatic carbocycles. The van der Waals surface area contributed by atoms with Crippen LogP contribution in [0.2, 0.25) is 0 Å². The van der Waals surface area contributed by atoms with Crippen molar-refractivity contribution in [1.29, 1.82) is 0 Å². The van der Waals surface area contributed by atoms with Gasteiger partial charge in [-0.15, -0.1) is 0 Å². The molecule has 0 aliphatic heterocycles. The van der Waals surface area contributed by atoms with Crippen molar-refractivity contribution in [2.75, 3.05) is 19.0 Å². The molecule has 0 radical (unpaired) electrons. The van der Waals surface area contributed by atoms with Crippen LogP contribution in [0.1, 0.15) is 6.92 Å². The predicted molar refractivity (Wildman–Crippen MR) is 71.6 cm³/mol. The molecule has 90 valence electrons. The average Bonchev–Trinajstić information content (AvgIpc) is 2.75. The zero-order chi connectivity index (χ0) is 12.3. The number of ether oxygens (including phenoxy) is 1. The summed E-state index contributed by atoms with van der Waals surface area (Å²) in [6, 6.07) is 0.309. The van der Waals surface area contributed by atoms with Crippen molar-refractivity contribution in [2.45, 2.75) is 6.92 Å². The summed E-state index contributed by atoms with van der Waals surface area (Å²) in [5.41, 5.74) is 0.940. The monoisotopic (exact) mass is 314 g/mol. The number of anilines is 1. The molecule has 0 saturated heterocycles. The van der Waals surface area contributed by atoms with Crippen LogP contribution in [0, 0.1) is 0 Å². The molecule has 2 aromatic rings. The van der Waals surface area contributed by atoms with E-state index in [0.29, 0.717) is 17.8 Å². The molecule has 0 fully saturated rings. The minimum Gasteiger partial charge on any atom is -0.467 e. The second kappa shape index (κ2) is 5.42. The maximum absolute atomic E-state index is 5.07. The molecule has 0 aliphatic rings. The molecule has 0 saturated carbocycles. The van der Waals surface area contributed by atoms with E-state index in [9.17, 15) is 0 Å². The van der Waals surface area contributed by atoms with Crippen molar-refractivity contribution in [2.24, 2.45) is 0 Å². The normalized spacial score (nSPS) is 10.3. The lowest BCUT2D eigenvalue weighted by Gasteiger charge is -2.06. The molecule has 1 N–H and O–H groups in total. The number of hydrogen-bond donors (Lipinski definition) is 1. The Labute approximate surface area is 111 Å². The summed E-state index contributed by atoms with van der Waals surface area (Å²) in [5.74, 6) is 1.12. The van der Waals surface area contributed by atoms with Crippen LogP contribution in [-0.4, -0.2) is 28.6 Å². The van der Waals surface area contributed by atoms with Gasteiger partial charge in [-0.05, 0) is 22.9 Å². The van der Waals surface area contributed by atoms with Gasteiger partial charge in [0.15, 0.2) is 5.82 Å². The van der Waals surface area contributed by atoms with E-state index in [1.807, 2.05) is 17.7 Å². The predicted octanol–water partition coefficient (Wildman–Crippen LogP) is 2.80. The van der Waals surface area contributed by atoms with Crippen LogP contribution in [0.4, 0.5) is 5.95 Å². The first-order valence-corrected chi connectivity index (χ1v) is 6.74. The number of nitrogens with one attached hydrogen (secondary N) is 1. The molecule has 17 heavy (non-hydrogen) atoms. The van der Waals surface area contributed by atoms with Crippen LogP contribution >= 0.6 is 27.3 Å². The largest absolute Gasteiger partial charge is 0.467 e. The molecule has 2 rings (SSSR count). The first kappa shape index (κ1) is 12.3. The van der Waals surface area contributed by atoms with Crippen LogP contribution < -0.4 is 10.1 Å². The molecule has 5 nitrogen and oxygen atoms in total. The molecule has 0 atom stereocenters. The van der Waals surface area contributed by atoms with Crippen molar-refractivity contribution < 1.29 is 4.74 Å². The summed E-state index contributed by atoms with van der Waals surface area (Å²) in [5, 5.41) is 7.02. The molecular weight excluding hydrogens is 304 g/mol. The van der Waals surface area contributed by atoms with E-state index >= 15 is 0 Å². The Kier molecular flexibility index (Phi) is 3.90. The van der Waals surface area contributed by atoms with Crippen molar-refractivity contribution >= 4 is 33.2 Å². The first-order valence-electron chi connectivity index (χ1n) is 5.00. The van der Waals surface area contributed by atoms with Gasteiger partial charge in [0, 0.05) is 27.3 Å². The van der Waals surface area contributed by atoms with E-state index in [1.54, 1.807) is 11.3 Å². The van der Waals surface area contributed by atoms with E-state index in [0.717, 1.165) is 16.6 Å². The Bertz CT molecular complexity index is 517. The molecule has 7 heteroatoms. The third kappa shape index (κ3) is 2.73. The number of halogens is 1. The van der Waals surface area contributed by atoms with Gasteiger partial charge < -0.3 is 10.1 Å². The Morgan fingerprint density at radius 2 is 2.18 bits per heavy atom. The zero-order valence-corrected chi connectivity index (χ0v) is 11.8. The number of nitrogens with zero attached hydrogens (tertiary/aromatic N) is 3. The third-order valence-electron chi connectivity index (χ3n) is 1.99. The second-order valence-electron chi connectivity index (χ2n) is 3.13. The molecule has 2 heterocycles. The van der Waals surface area contributed by atoms with Gasteiger partial charge >= 0.3 is 6.01 Å². The summed E-state index contributed by atoms with van der Waals surface area (Å²) >= 11 is 5.05. The van der Waals surface area contributed by atoms with Crippen LogP contribution in [0.5, 0.6) is 6.01 Å². The summed E-state index contributed by atoms with van der Waals surface area (Å²) in [6.45, 7) is 2.73. The summed E-state index contributed by atoms with van der Waals surface area (Å²) < 4.78 is 6.04. The summed E-state index contributed by atoms with van der Waals surface area (Å²) in [4.78, 5) is 12.7. The Morgan fingerprint density at radius 3 is 2.76 bits per heavy atom. The van der Waals surface area contributed by atoms with Crippen LogP contribution in [-0.2, 0) is 0 Å². The number of thiophene rings is 1. The minimum atomic E-state index is 0.309. The fraction of sp³-hybridized carbons (Fsp3) is 0.300. The number of aromatic nitrogens is 3. The van der Waals surface area contributed by atoms with Crippen molar-refractivity contribution in [3.05, 3.63) is 15.2 Å². The van der Waals surface area contributed by atoms with E-state index in [-0.39, 0.29) is 0 Å². The minimum absolute atomic E-state index is 0.309. The standard InChI is InChI=1S/C10H11BrN4OS/c1-3-12-9-13-8(14-10(15-9)16-2)6-4-17-5-7(6)11/h4-5H,3H2,1-2H3,(H,12,13,14,15). The van der Waals surface area contributed by atoms with Gasteiger partial charge in [-0.2, -0.15) is 26.3 Å². The quantitative estimate of drug-likeness (QED) is 0.940. The second-order valence-corrected chi connectivity index (χ2v) is 4.73. The lowest BCUT2D eigenvalue weighted by atomic mass is 10.3. The molecule has 0 spiro atoms. The highest BCUT2D eigenvalue weighted by Crippen LogP contribution is 2.30. The van der Waals surface area contributed by atoms with Crippen molar-refractivity contribution in [1.82, 2.24) is 15.0 Å². The van der Waals surface area contributed by atoms with Crippen molar-refractivity contribution in [3.63, 3.8) is 0 Å². The highest BCUT2D eigenvalue weighted by molar-refractivity contribution is 9.10. The van der Waals surface area contributed by atoms with Crippen molar-refractivity contribution in [3.8, 4) is 17.4 Å². The van der Waals surface area contributed by atoms with E-state index < -0.39 is 0 Å². The highest BCUT2D eigenvalue weighted by Gasteiger charge is 2.11. The lowest BCUT2D eigenvalue weighted by Crippen LogP contribution is -2.06. The van der Waals surface area contributed by atoms with E-state index in [2.05, 4.69) is 36.2 Å². The van der Waals surface area contributed by atoms with E-state index in [1.165, 1.54) is 7.11 Å². The number of hydrogen-bond acceptors (Lipinski definition) is 6. The first-order chi connectivity index (χ1) is 8.24. The average molecular weight is 315 g/mol. The van der Waals surface area contributed by atoms with Crippen LogP contribution in [0.15, 0.2) is 15.2 Å². The fourth-order valence-electron chi connectivity index (χ4n) is 1.25.